The molecule has 5 rings (SSSR count). The van der Waals surface area contributed by atoms with Crippen LogP contribution < -0.4 is 15.4 Å². The van der Waals surface area contributed by atoms with Crippen molar-refractivity contribution in [3.05, 3.63) is 90.1 Å². The minimum absolute atomic E-state index is 0.0382. The first-order valence-electron chi connectivity index (χ1n) is 15.2. The molecule has 0 unspecified atom stereocenters. The molecule has 236 valence electrons. The van der Waals surface area contributed by atoms with Crippen LogP contribution in [-0.2, 0) is 29.5 Å². The van der Waals surface area contributed by atoms with E-state index in [1.54, 1.807) is 35.0 Å². The number of aryl methyl sites for hydroxylation is 1. The van der Waals surface area contributed by atoms with E-state index in [0.717, 1.165) is 16.5 Å². The number of urea groups is 1. The Morgan fingerprint density at radius 1 is 1.04 bits per heavy atom. The van der Waals surface area contributed by atoms with E-state index in [1.807, 2.05) is 86.3 Å². The van der Waals surface area contributed by atoms with Crippen LogP contribution in [0.2, 0.25) is 0 Å². The maximum Gasteiger partial charge on any atom is 0.321 e. The van der Waals surface area contributed by atoms with Crippen molar-refractivity contribution in [3.8, 4) is 5.75 Å². The van der Waals surface area contributed by atoms with E-state index in [1.165, 1.54) is 0 Å². The summed E-state index contributed by atoms with van der Waals surface area (Å²) >= 11 is 0. The second-order valence-electron chi connectivity index (χ2n) is 11.9. The Bertz CT molecular complexity index is 1670. The molecule has 4 aromatic rings. The fraction of sp³-hybridized carbons (Fsp3) is 0.343. The van der Waals surface area contributed by atoms with Crippen molar-refractivity contribution >= 4 is 40.1 Å². The van der Waals surface area contributed by atoms with Gasteiger partial charge in [-0.3, -0.25) is 9.59 Å². The van der Waals surface area contributed by atoms with Crippen molar-refractivity contribution in [2.24, 2.45) is 13.0 Å². The number of benzene rings is 3. The fourth-order valence-electron chi connectivity index (χ4n) is 5.76. The largest absolute Gasteiger partial charge is 0.488 e. The summed E-state index contributed by atoms with van der Waals surface area (Å²) in [5.74, 6) is 0.0292. The van der Waals surface area contributed by atoms with Crippen molar-refractivity contribution in [3.63, 3.8) is 0 Å². The topological polar surface area (TPSA) is 116 Å². The number of aromatic nitrogens is 1. The Kier molecular flexibility index (Phi) is 9.73. The third-order valence-electron chi connectivity index (χ3n) is 8.36. The zero-order valence-corrected chi connectivity index (χ0v) is 26.2. The Morgan fingerprint density at radius 3 is 2.53 bits per heavy atom. The highest BCUT2D eigenvalue weighted by Crippen LogP contribution is 2.30. The van der Waals surface area contributed by atoms with Gasteiger partial charge in [-0.05, 0) is 48.9 Å². The van der Waals surface area contributed by atoms with E-state index in [9.17, 15) is 19.5 Å². The maximum absolute atomic E-state index is 13.6. The molecule has 3 aromatic carbocycles. The fourth-order valence-corrected chi connectivity index (χ4v) is 5.76. The zero-order valence-electron chi connectivity index (χ0n) is 26.2. The first-order chi connectivity index (χ1) is 21.6. The third kappa shape index (κ3) is 7.46. The number of nitrogens with zero attached hydrogens (tertiary/aromatic N) is 3. The monoisotopic (exact) mass is 611 g/mol. The van der Waals surface area contributed by atoms with E-state index in [2.05, 4.69) is 10.6 Å². The van der Waals surface area contributed by atoms with E-state index in [0.29, 0.717) is 29.2 Å². The van der Waals surface area contributed by atoms with Gasteiger partial charge in [0.1, 0.15) is 11.9 Å². The molecular formula is C35H41N5O5. The van der Waals surface area contributed by atoms with Crippen molar-refractivity contribution in [1.29, 1.82) is 0 Å². The van der Waals surface area contributed by atoms with Gasteiger partial charge in [-0.25, -0.2) is 4.79 Å². The van der Waals surface area contributed by atoms with Gasteiger partial charge in [0.2, 0.25) is 11.8 Å². The lowest BCUT2D eigenvalue weighted by Crippen LogP contribution is -2.48. The summed E-state index contributed by atoms with van der Waals surface area (Å²) in [5.41, 5.74) is 3.85. The van der Waals surface area contributed by atoms with Crippen LogP contribution in [0.25, 0.3) is 10.9 Å². The average molecular weight is 612 g/mol. The molecule has 3 atom stereocenters. The van der Waals surface area contributed by atoms with Crippen molar-refractivity contribution in [2.75, 3.05) is 37.4 Å². The molecule has 0 bridgehead atoms. The predicted octanol–water partition coefficient (Wildman–Crippen LogP) is 4.67. The number of anilines is 2. The van der Waals surface area contributed by atoms with Gasteiger partial charge in [-0.15, -0.1) is 0 Å². The molecule has 0 saturated heterocycles. The van der Waals surface area contributed by atoms with Crippen LogP contribution in [0.3, 0.4) is 0 Å². The highest BCUT2D eigenvalue weighted by Gasteiger charge is 2.32. The molecule has 0 radical (unpaired) electrons. The Balaban J connectivity index is 1.36. The molecule has 1 aliphatic heterocycles. The Morgan fingerprint density at radius 2 is 1.78 bits per heavy atom. The number of fused-ring (bicyclic) bond motifs is 2. The van der Waals surface area contributed by atoms with E-state index >= 15 is 0 Å². The first kappa shape index (κ1) is 31.6. The lowest BCUT2D eigenvalue weighted by atomic mass is 10.0. The van der Waals surface area contributed by atoms with Gasteiger partial charge in [-0.1, -0.05) is 43.3 Å². The Labute approximate surface area is 263 Å². The molecule has 3 N–H and O–H groups in total. The lowest BCUT2D eigenvalue weighted by Gasteiger charge is -2.34. The molecule has 10 heteroatoms. The Hall–Kier alpha value is -4.83. The minimum Gasteiger partial charge on any atom is -0.488 e. The van der Waals surface area contributed by atoms with Crippen molar-refractivity contribution < 1.29 is 24.2 Å². The molecule has 0 saturated carbocycles. The lowest BCUT2D eigenvalue weighted by molar-refractivity contribution is -0.134. The predicted molar refractivity (Wildman–Crippen MR) is 175 cm³/mol. The summed E-state index contributed by atoms with van der Waals surface area (Å²) < 4.78 is 8.55. The smallest absolute Gasteiger partial charge is 0.321 e. The second-order valence-corrected chi connectivity index (χ2v) is 11.9. The molecule has 1 aromatic heterocycles. The van der Waals surface area contributed by atoms with Gasteiger partial charge in [0, 0.05) is 60.6 Å². The SMILES string of the molecule is C[C@@H]1CN([C@@H](C)CO)C(=O)Cc2cc(NC(=O)Cc3cn(C)c4ccccc34)ccc2O[C@H]1CN(C)C(=O)Nc1ccccc1. The normalized spacial score (nSPS) is 17.4. The molecule has 0 spiro atoms. The van der Waals surface area contributed by atoms with Gasteiger partial charge in [0.05, 0.1) is 32.0 Å². The van der Waals surface area contributed by atoms with Crippen LogP contribution in [0.4, 0.5) is 16.2 Å². The van der Waals surface area contributed by atoms with Gasteiger partial charge in [0.25, 0.3) is 0 Å². The van der Waals surface area contributed by atoms with Crippen molar-refractivity contribution in [2.45, 2.75) is 38.8 Å². The van der Waals surface area contributed by atoms with E-state index in [-0.39, 0.29) is 49.8 Å². The standard InChI is InChI=1S/C35H41N5O5/c1-23-19-40(24(2)22-41)34(43)18-25-16-28(36-33(42)17-26-20-38(3)30-13-9-8-12-29(26)30)14-15-31(25)45-32(23)21-39(4)35(44)37-27-10-6-5-7-11-27/h5-16,20,23-24,32,41H,17-19,21-22H2,1-4H3,(H,36,42)(H,37,44)/t23-,24+,32+/m1/s1. The molecule has 2 heterocycles. The van der Waals surface area contributed by atoms with Crippen LogP contribution in [0, 0.1) is 5.92 Å². The molecule has 0 fully saturated rings. The summed E-state index contributed by atoms with van der Waals surface area (Å²) in [6, 6.07) is 21.8. The molecule has 1 aliphatic rings. The molecule has 4 amide bonds. The average Bonchev–Trinajstić information content (AvgIpc) is 3.36. The number of likely N-dealkylation sites (N-methyl/N-ethyl adjacent to an activating group) is 1. The van der Waals surface area contributed by atoms with Gasteiger partial charge in [0.15, 0.2) is 0 Å². The zero-order chi connectivity index (χ0) is 32.1. The third-order valence-corrected chi connectivity index (χ3v) is 8.36. The summed E-state index contributed by atoms with van der Waals surface area (Å²) in [7, 11) is 3.66. The minimum atomic E-state index is -0.457. The number of aliphatic hydroxyl groups is 1. The highest BCUT2D eigenvalue weighted by molar-refractivity contribution is 5.96. The van der Waals surface area contributed by atoms with Gasteiger partial charge >= 0.3 is 6.03 Å². The first-order valence-corrected chi connectivity index (χ1v) is 15.2. The van der Waals surface area contributed by atoms with Crippen LogP contribution in [-0.4, -0.2) is 76.2 Å². The molecule has 10 nitrogen and oxygen atoms in total. The number of carbonyl (C=O) groups excluding carboxylic acids is 3. The van der Waals surface area contributed by atoms with Crippen LogP contribution in [0.1, 0.15) is 25.0 Å². The summed E-state index contributed by atoms with van der Waals surface area (Å²) in [5, 5.41) is 16.9. The number of carbonyl (C=O) groups is 3. The number of hydrogen-bond acceptors (Lipinski definition) is 5. The van der Waals surface area contributed by atoms with Gasteiger partial charge in [-0.2, -0.15) is 0 Å². The number of para-hydroxylation sites is 2. The second kappa shape index (κ2) is 13.9. The quantitative estimate of drug-likeness (QED) is 0.268. The number of ether oxygens (including phenoxy) is 1. The number of aliphatic hydroxyl groups excluding tert-OH is 1. The summed E-state index contributed by atoms with van der Waals surface area (Å²) in [4.78, 5) is 42.9. The van der Waals surface area contributed by atoms with Crippen molar-refractivity contribution in [1.82, 2.24) is 14.4 Å². The maximum atomic E-state index is 13.6. The highest BCUT2D eigenvalue weighted by atomic mass is 16.5. The summed E-state index contributed by atoms with van der Waals surface area (Å²) in [6.45, 7) is 4.22. The summed E-state index contributed by atoms with van der Waals surface area (Å²) in [6.07, 6.45) is 1.75. The molecule has 45 heavy (non-hydrogen) atoms. The van der Waals surface area contributed by atoms with Gasteiger partial charge < -0.3 is 34.8 Å². The van der Waals surface area contributed by atoms with E-state index < -0.39 is 12.1 Å². The van der Waals surface area contributed by atoms with Crippen LogP contribution in [0.5, 0.6) is 5.75 Å². The van der Waals surface area contributed by atoms with E-state index in [4.69, 9.17) is 4.74 Å². The number of amides is 4. The number of hydrogen-bond donors (Lipinski definition) is 3. The number of rotatable bonds is 8. The number of nitrogens with one attached hydrogen (secondary N) is 2. The molecular weight excluding hydrogens is 570 g/mol. The van der Waals surface area contributed by atoms with Crippen LogP contribution >= 0.6 is 0 Å². The van der Waals surface area contributed by atoms with Crippen LogP contribution in [0.15, 0.2) is 79.0 Å². The molecule has 0 aliphatic carbocycles.